The predicted octanol–water partition coefficient (Wildman–Crippen LogP) is 3.47. The van der Waals surface area contributed by atoms with Gasteiger partial charge in [0.05, 0.1) is 11.7 Å². The Morgan fingerprint density at radius 1 is 1.37 bits per heavy atom. The van der Waals surface area contributed by atoms with Crippen LogP contribution in [0.15, 0.2) is 24.4 Å². The monoisotopic (exact) mass is 257 g/mol. The topological polar surface area (TPSA) is 57.8 Å². The average molecular weight is 257 g/mol. The first-order chi connectivity index (χ1) is 9.31. The van der Waals surface area contributed by atoms with Gasteiger partial charge in [-0.25, -0.2) is 0 Å². The fraction of sp³-hybridized carbons (Fsp3) is 0.467. The van der Waals surface area contributed by atoms with Crippen LogP contribution in [0.1, 0.15) is 38.5 Å². The summed E-state index contributed by atoms with van der Waals surface area (Å²) in [5, 5.41) is 10.9. The number of aromatic amines is 1. The quantitative estimate of drug-likeness (QED) is 0.881. The van der Waals surface area contributed by atoms with Gasteiger partial charge in [-0.2, -0.15) is 5.10 Å². The number of rotatable bonds is 4. The Kier molecular flexibility index (Phi) is 3.49. The molecule has 4 nitrogen and oxygen atoms in total. The zero-order valence-electron chi connectivity index (χ0n) is 11.0. The minimum atomic E-state index is 0.116. The highest BCUT2D eigenvalue weighted by Gasteiger charge is 2.16. The molecule has 0 aliphatic heterocycles. The molecule has 1 aliphatic carbocycles. The summed E-state index contributed by atoms with van der Waals surface area (Å²) < 4.78 is 0. The second-order valence-corrected chi connectivity index (χ2v) is 5.41. The Bertz CT molecular complexity index is 570. The second-order valence-electron chi connectivity index (χ2n) is 5.41. The average Bonchev–Trinajstić information content (AvgIpc) is 3.07. The molecule has 19 heavy (non-hydrogen) atoms. The lowest BCUT2D eigenvalue weighted by molar-refractivity contribution is -0.116. The van der Waals surface area contributed by atoms with Crippen molar-refractivity contribution in [1.82, 2.24) is 10.2 Å². The van der Waals surface area contributed by atoms with E-state index >= 15 is 0 Å². The molecular formula is C15H19N3O. The molecule has 1 aliphatic rings. The third-order valence-electron chi connectivity index (χ3n) is 3.98. The maximum atomic E-state index is 11.9. The summed E-state index contributed by atoms with van der Waals surface area (Å²) in [6, 6.07) is 5.81. The van der Waals surface area contributed by atoms with E-state index in [1.165, 1.54) is 25.7 Å². The van der Waals surface area contributed by atoms with Crippen molar-refractivity contribution in [3.8, 4) is 0 Å². The maximum Gasteiger partial charge on any atom is 0.224 e. The Morgan fingerprint density at radius 3 is 3.05 bits per heavy atom. The van der Waals surface area contributed by atoms with Gasteiger partial charge in [0.25, 0.3) is 0 Å². The second kappa shape index (κ2) is 5.43. The molecule has 0 atom stereocenters. The number of anilines is 1. The van der Waals surface area contributed by atoms with Crippen LogP contribution in [0.3, 0.4) is 0 Å². The standard InChI is InChI=1S/C15H19N3O/c19-15(8-5-11-3-1-2-4-11)17-13-7-6-12-10-16-18-14(12)9-13/h6-7,9-11H,1-5,8H2,(H,16,18)(H,17,19). The van der Waals surface area contributed by atoms with Gasteiger partial charge < -0.3 is 5.32 Å². The van der Waals surface area contributed by atoms with E-state index in [-0.39, 0.29) is 5.91 Å². The van der Waals surface area contributed by atoms with Crippen LogP contribution in [0.2, 0.25) is 0 Å². The molecule has 0 spiro atoms. The number of hydrogen-bond acceptors (Lipinski definition) is 2. The SMILES string of the molecule is O=C(CCC1CCCC1)Nc1ccc2cn[nH]c2c1. The predicted molar refractivity (Wildman–Crippen MR) is 75.9 cm³/mol. The molecule has 0 bridgehead atoms. The van der Waals surface area contributed by atoms with Crippen molar-refractivity contribution >= 4 is 22.5 Å². The molecule has 1 saturated carbocycles. The van der Waals surface area contributed by atoms with Crippen molar-refractivity contribution in [3.63, 3.8) is 0 Å². The largest absolute Gasteiger partial charge is 0.326 e. The van der Waals surface area contributed by atoms with Crippen LogP contribution in [0.5, 0.6) is 0 Å². The first-order valence-electron chi connectivity index (χ1n) is 7.04. The summed E-state index contributed by atoms with van der Waals surface area (Å²) in [6.07, 6.45) is 8.71. The molecule has 1 amide bonds. The fourth-order valence-electron chi connectivity index (χ4n) is 2.87. The van der Waals surface area contributed by atoms with Crippen molar-refractivity contribution in [2.45, 2.75) is 38.5 Å². The van der Waals surface area contributed by atoms with Crippen LogP contribution in [-0.4, -0.2) is 16.1 Å². The molecule has 0 radical (unpaired) electrons. The lowest BCUT2D eigenvalue weighted by atomic mass is 10.0. The van der Waals surface area contributed by atoms with E-state index in [1.807, 2.05) is 18.2 Å². The van der Waals surface area contributed by atoms with Crippen LogP contribution in [-0.2, 0) is 4.79 Å². The number of H-pyrrole nitrogens is 1. The molecule has 0 unspecified atom stereocenters. The van der Waals surface area contributed by atoms with Gasteiger partial charge >= 0.3 is 0 Å². The fourth-order valence-corrected chi connectivity index (χ4v) is 2.87. The van der Waals surface area contributed by atoms with Crippen molar-refractivity contribution in [2.24, 2.45) is 5.92 Å². The summed E-state index contributed by atoms with van der Waals surface area (Å²) in [4.78, 5) is 11.9. The first kappa shape index (κ1) is 12.2. The lowest BCUT2D eigenvalue weighted by Gasteiger charge is -2.09. The number of amides is 1. The lowest BCUT2D eigenvalue weighted by Crippen LogP contribution is -2.12. The minimum absolute atomic E-state index is 0.116. The highest BCUT2D eigenvalue weighted by molar-refractivity contribution is 5.93. The summed E-state index contributed by atoms with van der Waals surface area (Å²) in [5.41, 5.74) is 1.79. The first-order valence-corrected chi connectivity index (χ1v) is 7.04. The van der Waals surface area contributed by atoms with Gasteiger partial charge in [-0.05, 0) is 30.5 Å². The normalized spacial score (nSPS) is 16.0. The van der Waals surface area contributed by atoms with E-state index in [0.717, 1.165) is 28.9 Å². The molecule has 1 aromatic heterocycles. The number of hydrogen-bond donors (Lipinski definition) is 2. The molecular weight excluding hydrogens is 238 g/mol. The highest BCUT2D eigenvalue weighted by Crippen LogP contribution is 2.28. The minimum Gasteiger partial charge on any atom is -0.326 e. The molecule has 1 aromatic carbocycles. The number of carbonyl (C=O) groups excluding carboxylic acids is 1. The van der Waals surface area contributed by atoms with Gasteiger partial charge in [0.15, 0.2) is 0 Å². The molecule has 2 aromatic rings. The molecule has 3 rings (SSSR count). The number of nitrogens with one attached hydrogen (secondary N) is 2. The van der Waals surface area contributed by atoms with E-state index in [1.54, 1.807) is 6.20 Å². The molecule has 100 valence electrons. The molecule has 1 fully saturated rings. The van der Waals surface area contributed by atoms with Crippen molar-refractivity contribution in [2.75, 3.05) is 5.32 Å². The van der Waals surface area contributed by atoms with Gasteiger partial charge in [-0.1, -0.05) is 25.7 Å². The Hall–Kier alpha value is -1.84. The van der Waals surface area contributed by atoms with Crippen LogP contribution in [0.4, 0.5) is 5.69 Å². The third kappa shape index (κ3) is 2.95. The van der Waals surface area contributed by atoms with Gasteiger partial charge in [-0.15, -0.1) is 0 Å². The van der Waals surface area contributed by atoms with E-state index < -0.39 is 0 Å². The Labute approximate surface area is 112 Å². The maximum absolute atomic E-state index is 11.9. The summed E-state index contributed by atoms with van der Waals surface area (Å²) in [6.45, 7) is 0. The van der Waals surface area contributed by atoms with Crippen molar-refractivity contribution in [1.29, 1.82) is 0 Å². The van der Waals surface area contributed by atoms with E-state index in [0.29, 0.717) is 6.42 Å². The van der Waals surface area contributed by atoms with Crippen molar-refractivity contribution in [3.05, 3.63) is 24.4 Å². The molecule has 4 heteroatoms. The zero-order valence-corrected chi connectivity index (χ0v) is 11.0. The van der Waals surface area contributed by atoms with Gasteiger partial charge in [0.1, 0.15) is 0 Å². The van der Waals surface area contributed by atoms with E-state index in [9.17, 15) is 4.79 Å². The van der Waals surface area contributed by atoms with Crippen LogP contribution >= 0.6 is 0 Å². The summed E-state index contributed by atoms with van der Waals surface area (Å²) in [5.74, 6) is 0.881. The van der Waals surface area contributed by atoms with Crippen LogP contribution in [0, 0.1) is 5.92 Å². The Balaban J connectivity index is 1.55. The van der Waals surface area contributed by atoms with Gasteiger partial charge in [0.2, 0.25) is 5.91 Å². The van der Waals surface area contributed by atoms with Crippen LogP contribution < -0.4 is 5.32 Å². The summed E-state index contributed by atoms with van der Waals surface area (Å²) in [7, 11) is 0. The smallest absolute Gasteiger partial charge is 0.224 e. The van der Waals surface area contributed by atoms with E-state index in [4.69, 9.17) is 0 Å². The zero-order chi connectivity index (χ0) is 13.1. The number of carbonyl (C=O) groups is 1. The third-order valence-corrected chi connectivity index (χ3v) is 3.98. The highest BCUT2D eigenvalue weighted by atomic mass is 16.1. The number of fused-ring (bicyclic) bond motifs is 1. The number of aromatic nitrogens is 2. The molecule has 2 N–H and O–H groups in total. The molecule has 1 heterocycles. The van der Waals surface area contributed by atoms with E-state index in [2.05, 4.69) is 15.5 Å². The molecule has 0 saturated heterocycles. The van der Waals surface area contributed by atoms with Crippen molar-refractivity contribution < 1.29 is 4.79 Å². The number of benzene rings is 1. The Morgan fingerprint density at radius 2 is 2.21 bits per heavy atom. The number of nitrogens with zero attached hydrogens (tertiary/aromatic N) is 1. The van der Waals surface area contributed by atoms with Crippen LogP contribution in [0.25, 0.3) is 10.9 Å². The van der Waals surface area contributed by atoms with Gasteiger partial charge in [0, 0.05) is 17.5 Å². The van der Waals surface area contributed by atoms with Gasteiger partial charge in [-0.3, -0.25) is 9.89 Å². The summed E-state index contributed by atoms with van der Waals surface area (Å²) >= 11 is 0.